The van der Waals surface area contributed by atoms with Gasteiger partial charge in [-0.15, -0.1) is 6.42 Å². The zero-order chi connectivity index (χ0) is 7.56. The van der Waals surface area contributed by atoms with Gasteiger partial charge in [-0.1, -0.05) is 5.92 Å². The highest BCUT2D eigenvalue weighted by molar-refractivity contribution is 5.35. The number of aromatic nitrogens is 1. The van der Waals surface area contributed by atoms with Gasteiger partial charge in [0.25, 0.3) is 0 Å². The Balaban J connectivity index is 3.23. The van der Waals surface area contributed by atoms with Crippen molar-refractivity contribution in [3.8, 4) is 12.3 Å². The molecule has 1 nitrogen and oxygen atoms in total. The van der Waals surface area contributed by atoms with Crippen molar-refractivity contribution in [1.29, 1.82) is 0 Å². The zero-order valence-electron chi connectivity index (χ0n) is 6.26. The van der Waals surface area contributed by atoms with Crippen LogP contribution in [-0.4, -0.2) is 0 Å². The number of terminal acetylenes is 1. The van der Waals surface area contributed by atoms with Crippen LogP contribution in [0.15, 0.2) is 18.5 Å². The lowest BCUT2D eigenvalue weighted by Crippen LogP contribution is -2.26. The van der Waals surface area contributed by atoms with Gasteiger partial charge in [-0.3, -0.25) is 0 Å². The van der Waals surface area contributed by atoms with Gasteiger partial charge < -0.3 is 0 Å². The van der Waals surface area contributed by atoms with Gasteiger partial charge in [-0.25, -0.2) is 4.57 Å². The first-order valence-electron chi connectivity index (χ1n) is 3.16. The first-order valence-corrected chi connectivity index (χ1v) is 3.16. The van der Waals surface area contributed by atoms with E-state index in [9.17, 15) is 0 Å². The maximum Gasteiger partial charge on any atom is 0.172 e. The van der Waals surface area contributed by atoms with Gasteiger partial charge in [-0.05, 0) is 6.92 Å². The molecule has 0 atom stereocenters. The molecular formula is C9H10N+. The van der Waals surface area contributed by atoms with E-state index < -0.39 is 0 Å². The van der Waals surface area contributed by atoms with Crippen LogP contribution in [0.25, 0.3) is 0 Å². The molecule has 0 aliphatic rings. The smallest absolute Gasteiger partial charge is 0.172 e. The average Bonchev–Trinajstić information content (AvgIpc) is 1.88. The first-order chi connectivity index (χ1) is 4.74. The Morgan fingerprint density at radius 2 is 2.30 bits per heavy atom. The maximum absolute atomic E-state index is 5.24. The Morgan fingerprint density at radius 1 is 1.60 bits per heavy atom. The summed E-state index contributed by atoms with van der Waals surface area (Å²) < 4.78 is 1.98. The molecule has 1 aromatic rings. The Bertz CT molecular complexity index is 281. The van der Waals surface area contributed by atoms with Gasteiger partial charge in [0.15, 0.2) is 12.4 Å². The highest BCUT2D eigenvalue weighted by atomic mass is 14.9. The summed E-state index contributed by atoms with van der Waals surface area (Å²) in [4.78, 5) is 0. The molecule has 0 aliphatic carbocycles. The standard InChI is InChI=1S/C9H10N/c1-4-9-5-6-10(3)7-8(9)2/h1,5-7H,2-3H3/q+1. The van der Waals surface area contributed by atoms with Crippen LogP contribution >= 0.6 is 0 Å². The molecule has 0 amide bonds. The second kappa shape index (κ2) is 2.53. The molecule has 10 heavy (non-hydrogen) atoms. The Labute approximate surface area is 61.3 Å². The van der Waals surface area contributed by atoms with Crippen LogP contribution in [0, 0.1) is 19.3 Å². The van der Waals surface area contributed by atoms with Crippen molar-refractivity contribution in [1.82, 2.24) is 0 Å². The van der Waals surface area contributed by atoms with Crippen molar-refractivity contribution in [2.45, 2.75) is 6.92 Å². The molecule has 0 unspecified atom stereocenters. The third kappa shape index (κ3) is 1.16. The summed E-state index contributed by atoms with van der Waals surface area (Å²) in [5.41, 5.74) is 2.12. The fourth-order valence-electron chi connectivity index (χ4n) is 0.904. The molecule has 1 heterocycles. The first kappa shape index (κ1) is 6.82. The number of aryl methyl sites for hydroxylation is 2. The molecule has 0 N–H and O–H groups in total. The lowest BCUT2D eigenvalue weighted by Gasteiger charge is -1.92. The molecule has 1 rings (SSSR count). The minimum atomic E-state index is 0.970. The molecule has 1 heteroatoms. The van der Waals surface area contributed by atoms with E-state index in [4.69, 9.17) is 6.42 Å². The SMILES string of the molecule is C#Cc1cc[n+](C)cc1C. The molecule has 0 saturated carbocycles. The predicted octanol–water partition coefficient (Wildman–Crippen LogP) is 0.801. The molecule has 0 radical (unpaired) electrons. The quantitative estimate of drug-likeness (QED) is 0.363. The van der Waals surface area contributed by atoms with E-state index in [2.05, 4.69) is 5.92 Å². The Morgan fingerprint density at radius 3 is 2.80 bits per heavy atom. The van der Waals surface area contributed by atoms with E-state index in [1.165, 1.54) is 0 Å². The van der Waals surface area contributed by atoms with E-state index in [0.29, 0.717) is 0 Å². The van der Waals surface area contributed by atoms with E-state index in [1.54, 1.807) is 0 Å². The molecule has 0 spiro atoms. The van der Waals surface area contributed by atoms with Crippen LogP contribution in [0.5, 0.6) is 0 Å². The lowest BCUT2D eigenvalue weighted by molar-refractivity contribution is -0.671. The number of rotatable bonds is 0. The van der Waals surface area contributed by atoms with Gasteiger partial charge >= 0.3 is 0 Å². The summed E-state index contributed by atoms with van der Waals surface area (Å²) >= 11 is 0. The van der Waals surface area contributed by atoms with Crippen LogP contribution in [0.2, 0.25) is 0 Å². The monoisotopic (exact) mass is 132 g/mol. The number of hydrogen-bond acceptors (Lipinski definition) is 0. The summed E-state index contributed by atoms with van der Waals surface area (Å²) in [6.07, 6.45) is 9.20. The number of hydrogen-bond donors (Lipinski definition) is 0. The average molecular weight is 132 g/mol. The van der Waals surface area contributed by atoms with Crippen LogP contribution in [0.3, 0.4) is 0 Å². The van der Waals surface area contributed by atoms with Crippen molar-refractivity contribution in [2.24, 2.45) is 7.05 Å². The third-order valence-corrected chi connectivity index (χ3v) is 1.45. The minimum Gasteiger partial charge on any atom is -0.207 e. The van der Waals surface area contributed by atoms with Gasteiger partial charge in [0, 0.05) is 17.2 Å². The van der Waals surface area contributed by atoms with E-state index in [0.717, 1.165) is 11.1 Å². The van der Waals surface area contributed by atoms with E-state index >= 15 is 0 Å². The highest BCUT2D eigenvalue weighted by Gasteiger charge is 1.97. The van der Waals surface area contributed by atoms with Crippen molar-refractivity contribution in [2.75, 3.05) is 0 Å². The van der Waals surface area contributed by atoms with Crippen molar-refractivity contribution < 1.29 is 4.57 Å². The largest absolute Gasteiger partial charge is 0.207 e. The molecule has 0 aromatic carbocycles. The summed E-state index contributed by atoms with van der Waals surface area (Å²) in [6.45, 7) is 2.01. The van der Waals surface area contributed by atoms with Gasteiger partial charge in [0.2, 0.25) is 0 Å². The predicted molar refractivity (Wildman–Crippen MR) is 40.3 cm³/mol. The molecule has 50 valence electrons. The zero-order valence-corrected chi connectivity index (χ0v) is 6.26. The van der Waals surface area contributed by atoms with Crippen molar-refractivity contribution in [3.63, 3.8) is 0 Å². The summed E-state index contributed by atoms with van der Waals surface area (Å²) in [5, 5.41) is 0. The Hall–Kier alpha value is -1.29. The van der Waals surface area contributed by atoms with Crippen LogP contribution in [-0.2, 0) is 7.05 Å². The van der Waals surface area contributed by atoms with E-state index in [1.807, 2.05) is 37.0 Å². The number of nitrogens with zero attached hydrogens (tertiary/aromatic N) is 1. The van der Waals surface area contributed by atoms with Gasteiger partial charge in [-0.2, -0.15) is 0 Å². The topological polar surface area (TPSA) is 3.88 Å². The normalized spacial score (nSPS) is 8.90. The van der Waals surface area contributed by atoms with Gasteiger partial charge in [0.05, 0.1) is 0 Å². The molecule has 1 aromatic heterocycles. The highest BCUT2D eigenvalue weighted by Crippen LogP contribution is 1.99. The fraction of sp³-hybridized carbons (Fsp3) is 0.222. The third-order valence-electron chi connectivity index (χ3n) is 1.45. The van der Waals surface area contributed by atoms with Crippen LogP contribution < -0.4 is 4.57 Å². The van der Waals surface area contributed by atoms with E-state index in [-0.39, 0.29) is 0 Å². The second-order valence-electron chi connectivity index (χ2n) is 2.35. The van der Waals surface area contributed by atoms with Crippen LogP contribution in [0.1, 0.15) is 11.1 Å². The molecule has 0 aliphatic heterocycles. The Kier molecular flexibility index (Phi) is 1.73. The maximum atomic E-state index is 5.24. The molecule has 0 fully saturated rings. The fourth-order valence-corrected chi connectivity index (χ4v) is 0.904. The lowest BCUT2D eigenvalue weighted by atomic mass is 10.2. The summed E-state index contributed by atoms with van der Waals surface area (Å²) in [5.74, 6) is 2.61. The number of pyridine rings is 1. The van der Waals surface area contributed by atoms with Crippen molar-refractivity contribution >= 4 is 0 Å². The molecule has 0 saturated heterocycles. The second-order valence-corrected chi connectivity index (χ2v) is 2.35. The van der Waals surface area contributed by atoms with Crippen LogP contribution in [0.4, 0.5) is 0 Å². The summed E-state index contributed by atoms with van der Waals surface area (Å²) in [6, 6.07) is 1.94. The van der Waals surface area contributed by atoms with Crippen molar-refractivity contribution in [3.05, 3.63) is 29.6 Å². The summed E-state index contributed by atoms with van der Waals surface area (Å²) in [7, 11) is 1.98. The molecule has 0 bridgehead atoms. The molecular weight excluding hydrogens is 122 g/mol. The minimum absolute atomic E-state index is 0.970. The van der Waals surface area contributed by atoms with Gasteiger partial charge in [0.1, 0.15) is 7.05 Å².